The van der Waals surface area contributed by atoms with E-state index in [9.17, 15) is 8.42 Å². The Morgan fingerprint density at radius 2 is 2.00 bits per heavy atom. The summed E-state index contributed by atoms with van der Waals surface area (Å²) in [5, 5.41) is 3.52. The van der Waals surface area contributed by atoms with Gasteiger partial charge in [0.25, 0.3) is 0 Å². The molecule has 0 saturated carbocycles. The molecule has 0 unspecified atom stereocenters. The third-order valence-electron chi connectivity index (χ3n) is 2.95. The van der Waals surface area contributed by atoms with Crippen LogP contribution in [0.4, 0.5) is 11.4 Å². The van der Waals surface area contributed by atoms with Gasteiger partial charge in [0.15, 0.2) is 9.84 Å². The molecule has 0 bridgehead atoms. The summed E-state index contributed by atoms with van der Waals surface area (Å²) in [5.41, 5.74) is 9.51. The fourth-order valence-electron chi connectivity index (χ4n) is 2.14. The molecule has 1 aliphatic heterocycles. The third kappa shape index (κ3) is 2.57. The van der Waals surface area contributed by atoms with Crippen molar-refractivity contribution in [2.24, 2.45) is 5.11 Å². The van der Waals surface area contributed by atoms with Crippen LogP contribution in [-0.2, 0) is 9.84 Å². The molecule has 2 rings (SSSR count). The van der Waals surface area contributed by atoms with E-state index >= 15 is 0 Å². The molecule has 18 heavy (non-hydrogen) atoms. The van der Waals surface area contributed by atoms with Gasteiger partial charge in [0.1, 0.15) is 0 Å². The van der Waals surface area contributed by atoms with E-state index in [-0.39, 0.29) is 0 Å². The molecular weight excluding hydrogens is 252 g/mol. The van der Waals surface area contributed by atoms with Crippen LogP contribution in [0.1, 0.15) is 12.8 Å². The van der Waals surface area contributed by atoms with Crippen LogP contribution < -0.4 is 4.90 Å². The normalized spacial score (nSPS) is 15.5. The number of hydrogen-bond acceptors (Lipinski definition) is 4. The summed E-state index contributed by atoms with van der Waals surface area (Å²) in [6.45, 7) is 1.67. The van der Waals surface area contributed by atoms with Crippen LogP contribution in [0.15, 0.2) is 28.2 Å². The minimum absolute atomic E-state index is 0.293. The Morgan fingerprint density at radius 1 is 1.33 bits per heavy atom. The van der Waals surface area contributed by atoms with E-state index < -0.39 is 9.84 Å². The lowest BCUT2D eigenvalue weighted by Crippen LogP contribution is -2.20. The fraction of sp³-hybridized carbons (Fsp3) is 0.455. The molecule has 6 nitrogen and oxygen atoms in total. The van der Waals surface area contributed by atoms with E-state index in [2.05, 4.69) is 10.0 Å². The molecule has 1 aromatic carbocycles. The van der Waals surface area contributed by atoms with Crippen molar-refractivity contribution in [1.82, 2.24) is 0 Å². The lowest BCUT2D eigenvalue weighted by Gasteiger charge is -2.21. The van der Waals surface area contributed by atoms with Gasteiger partial charge in [-0.25, -0.2) is 8.42 Å². The standard InChI is InChI=1S/C11H14N4O2S/c1-18(16,17)11-5-4-9(13-14-12)8-10(11)15-6-2-3-7-15/h4-5,8H,2-3,6-7H2,1H3. The Labute approximate surface area is 106 Å². The molecule has 0 amide bonds. The maximum absolute atomic E-state index is 11.7. The molecule has 1 saturated heterocycles. The summed E-state index contributed by atoms with van der Waals surface area (Å²) >= 11 is 0. The minimum Gasteiger partial charge on any atom is -0.370 e. The molecule has 1 heterocycles. The molecule has 0 radical (unpaired) electrons. The number of benzene rings is 1. The average Bonchev–Trinajstić information content (AvgIpc) is 2.81. The molecule has 0 spiro atoms. The minimum atomic E-state index is -3.28. The van der Waals surface area contributed by atoms with E-state index in [1.807, 2.05) is 4.90 Å². The second-order valence-corrected chi connectivity index (χ2v) is 6.29. The van der Waals surface area contributed by atoms with Crippen LogP contribution in [0.5, 0.6) is 0 Å². The molecular formula is C11H14N4O2S. The summed E-state index contributed by atoms with van der Waals surface area (Å²) in [5.74, 6) is 0. The Balaban J connectivity index is 2.56. The zero-order valence-corrected chi connectivity index (χ0v) is 10.9. The van der Waals surface area contributed by atoms with Crippen LogP contribution >= 0.6 is 0 Å². The van der Waals surface area contributed by atoms with Gasteiger partial charge in [0, 0.05) is 29.9 Å². The third-order valence-corrected chi connectivity index (χ3v) is 4.09. The van der Waals surface area contributed by atoms with Crippen molar-refractivity contribution in [2.45, 2.75) is 17.7 Å². The SMILES string of the molecule is CS(=O)(=O)c1ccc(N=[N+]=[N-])cc1N1CCCC1. The van der Waals surface area contributed by atoms with Crippen molar-refractivity contribution in [2.75, 3.05) is 24.2 Å². The zero-order valence-electron chi connectivity index (χ0n) is 10.1. The summed E-state index contributed by atoms with van der Waals surface area (Å²) in [6.07, 6.45) is 3.29. The predicted molar refractivity (Wildman–Crippen MR) is 69.8 cm³/mol. The monoisotopic (exact) mass is 266 g/mol. The first-order valence-corrected chi connectivity index (χ1v) is 7.55. The average molecular weight is 266 g/mol. The topological polar surface area (TPSA) is 86.1 Å². The number of anilines is 1. The second-order valence-electron chi connectivity index (χ2n) is 4.31. The highest BCUT2D eigenvalue weighted by Crippen LogP contribution is 2.32. The van der Waals surface area contributed by atoms with Crippen LogP contribution in [0.3, 0.4) is 0 Å². The molecule has 0 aromatic heterocycles. The van der Waals surface area contributed by atoms with E-state index in [1.54, 1.807) is 6.07 Å². The second kappa shape index (κ2) is 4.88. The van der Waals surface area contributed by atoms with E-state index in [1.165, 1.54) is 18.4 Å². The predicted octanol–water partition coefficient (Wildman–Crippen LogP) is 2.63. The number of azide groups is 1. The van der Waals surface area contributed by atoms with Crippen LogP contribution in [0.2, 0.25) is 0 Å². The van der Waals surface area contributed by atoms with Crippen LogP contribution in [0, 0.1) is 0 Å². The van der Waals surface area contributed by atoms with Crippen molar-refractivity contribution in [3.8, 4) is 0 Å². The smallest absolute Gasteiger partial charge is 0.177 e. The summed E-state index contributed by atoms with van der Waals surface area (Å²) in [7, 11) is -3.28. The Morgan fingerprint density at radius 3 is 2.56 bits per heavy atom. The van der Waals surface area contributed by atoms with Crippen molar-refractivity contribution in [3.05, 3.63) is 28.6 Å². The maximum atomic E-state index is 11.7. The summed E-state index contributed by atoms with van der Waals surface area (Å²) in [6, 6.07) is 4.67. The lowest BCUT2D eigenvalue weighted by molar-refractivity contribution is 0.601. The fourth-order valence-corrected chi connectivity index (χ4v) is 3.02. The quantitative estimate of drug-likeness (QED) is 0.478. The first-order chi connectivity index (χ1) is 8.52. The Kier molecular flexibility index (Phi) is 3.45. The van der Waals surface area contributed by atoms with Crippen molar-refractivity contribution < 1.29 is 8.42 Å². The van der Waals surface area contributed by atoms with Gasteiger partial charge in [-0.2, -0.15) is 0 Å². The van der Waals surface area contributed by atoms with Gasteiger partial charge in [-0.1, -0.05) is 11.2 Å². The molecule has 1 aromatic rings. The van der Waals surface area contributed by atoms with Gasteiger partial charge in [-0.15, -0.1) is 0 Å². The molecule has 0 N–H and O–H groups in total. The van der Waals surface area contributed by atoms with E-state index in [0.717, 1.165) is 25.9 Å². The van der Waals surface area contributed by atoms with Crippen LogP contribution in [-0.4, -0.2) is 27.8 Å². The molecule has 1 aliphatic rings. The molecule has 96 valence electrons. The summed E-state index contributed by atoms with van der Waals surface area (Å²) < 4.78 is 23.5. The van der Waals surface area contributed by atoms with Gasteiger partial charge < -0.3 is 4.90 Å². The van der Waals surface area contributed by atoms with Crippen molar-refractivity contribution in [3.63, 3.8) is 0 Å². The Bertz CT molecular complexity index is 599. The number of hydrogen-bond donors (Lipinski definition) is 0. The van der Waals surface area contributed by atoms with Gasteiger partial charge in [0.05, 0.1) is 10.6 Å². The largest absolute Gasteiger partial charge is 0.370 e. The highest BCUT2D eigenvalue weighted by atomic mass is 32.2. The summed E-state index contributed by atoms with van der Waals surface area (Å²) in [4.78, 5) is 5.04. The van der Waals surface area contributed by atoms with Crippen molar-refractivity contribution in [1.29, 1.82) is 0 Å². The van der Waals surface area contributed by atoms with Crippen molar-refractivity contribution >= 4 is 21.2 Å². The first kappa shape index (κ1) is 12.7. The van der Waals surface area contributed by atoms with E-state index in [0.29, 0.717) is 16.3 Å². The number of sulfone groups is 1. The van der Waals surface area contributed by atoms with Gasteiger partial charge in [0.2, 0.25) is 0 Å². The maximum Gasteiger partial charge on any atom is 0.177 e. The molecule has 7 heteroatoms. The zero-order chi connectivity index (χ0) is 13.2. The molecule has 0 atom stereocenters. The van der Waals surface area contributed by atoms with Gasteiger partial charge in [-0.3, -0.25) is 0 Å². The van der Waals surface area contributed by atoms with E-state index in [4.69, 9.17) is 5.53 Å². The first-order valence-electron chi connectivity index (χ1n) is 5.66. The van der Waals surface area contributed by atoms with Crippen LogP contribution in [0.25, 0.3) is 10.4 Å². The highest BCUT2D eigenvalue weighted by molar-refractivity contribution is 7.90. The van der Waals surface area contributed by atoms with Gasteiger partial charge in [-0.05, 0) is 30.5 Å². The lowest BCUT2D eigenvalue weighted by atomic mass is 10.2. The molecule has 0 aliphatic carbocycles. The highest BCUT2D eigenvalue weighted by Gasteiger charge is 2.21. The number of nitrogens with zero attached hydrogens (tertiary/aromatic N) is 4. The number of rotatable bonds is 3. The molecule has 1 fully saturated rings. The Hall–Kier alpha value is -1.72. The van der Waals surface area contributed by atoms with Gasteiger partial charge >= 0.3 is 0 Å².